The van der Waals surface area contributed by atoms with Crippen LogP contribution >= 0.6 is 0 Å². The number of carboxylic acids is 1. The minimum absolute atomic E-state index is 0.116. The predicted molar refractivity (Wildman–Crippen MR) is 73.7 cm³/mol. The molecule has 2 rings (SSSR count). The highest BCUT2D eigenvalue weighted by atomic mass is 16.5. The number of likely N-dealkylation sites (tertiary alicyclic amines) is 1. The summed E-state index contributed by atoms with van der Waals surface area (Å²) < 4.78 is 5.50. The summed E-state index contributed by atoms with van der Waals surface area (Å²) in [4.78, 5) is 24.7. The highest BCUT2D eigenvalue weighted by molar-refractivity contribution is 5.84. The van der Waals surface area contributed by atoms with Gasteiger partial charge < -0.3 is 14.7 Å². The lowest BCUT2D eigenvalue weighted by Gasteiger charge is -2.32. The van der Waals surface area contributed by atoms with Crippen LogP contribution in [0, 0.1) is 6.92 Å². The van der Waals surface area contributed by atoms with E-state index in [1.54, 1.807) is 6.07 Å². The van der Waals surface area contributed by atoms with Gasteiger partial charge >= 0.3 is 5.97 Å². The lowest BCUT2D eigenvalue weighted by molar-refractivity contribution is -0.152. The summed E-state index contributed by atoms with van der Waals surface area (Å²) in [5.74, 6) is -0.543. The standard InChI is InChI=1S/C15H19NO4/c1-11-6-2-3-8-13(11)20-10-14(17)16-9-5-4-7-12(16)15(18)19/h2-3,6,8,12H,4-5,7,9-10H2,1H3,(H,18,19)/t12-/m0/s1. The second-order valence-corrected chi connectivity index (χ2v) is 4.99. The zero-order chi connectivity index (χ0) is 14.5. The number of amides is 1. The van der Waals surface area contributed by atoms with E-state index < -0.39 is 12.0 Å². The molecule has 0 aliphatic carbocycles. The number of para-hydroxylation sites is 1. The molecule has 0 unspecified atom stereocenters. The molecule has 1 atom stereocenters. The minimum atomic E-state index is -0.936. The number of piperidine rings is 1. The van der Waals surface area contributed by atoms with E-state index in [0.29, 0.717) is 18.7 Å². The Bertz CT molecular complexity index is 500. The monoisotopic (exact) mass is 277 g/mol. The fraction of sp³-hybridized carbons (Fsp3) is 0.467. The Morgan fingerprint density at radius 1 is 1.35 bits per heavy atom. The minimum Gasteiger partial charge on any atom is -0.484 e. The van der Waals surface area contributed by atoms with Gasteiger partial charge in [-0.25, -0.2) is 4.79 Å². The second-order valence-electron chi connectivity index (χ2n) is 4.99. The third-order valence-corrected chi connectivity index (χ3v) is 3.55. The molecule has 20 heavy (non-hydrogen) atoms. The average molecular weight is 277 g/mol. The van der Waals surface area contributed by atoms with Gasteiger partial charge in [0, 0.05) is 6.54 Å². The van der Waals surface area contributed by atoms with Crippen molar-refractivity contribution in [3.63, 3.8) is 0 Å². The molecule has 1 amide bonds. The fourth-order valence-electron chi connectivity index (χ4n) is 2.43. The van der Waals surface area contributed by atoms with E-state index >= 15 is 0 Å². The molecule has 108 valence electrons. The molecule has 1 aromatic rings. The Morgan fingerprint density at radius 2 is 2.10 bits per heavy atom. The van der Waals surface area contributed by atoms with Crippen LogP contribution in [0.3, 0.4) is 0 Å². The Hall–Kier alpha value is -2.04. The van der Waals surface area contributed by atoms with Gasteiger partial charge in [0.15, 0.2) is 6.61 Å². The first-order valence-electron chi connectivity index (χ1n) is 6.80. The second kappa shape index (κ2) is 6.41. The summed E-state index contributed by atoms with van der Waals surface area (Å²) in [6, 6.07) is 6.73. The Morgan fingerprint density at radius 3 is 2.80 bits per heavy atom. The van der Waals surface area contributed by atoms with E-state index in [1.807, 2.05) is 25.1 Å². The maximum absolute atomic E-state index is 12.1. The normalized spacial score (nSPS) is 18.6. The van der Waals surface area contributed by atoms with Crippen LogP contribution in [0.2, 0.25) is 0 Å². The zero-order valence-corrected chi connectivity index (χ0v) is 11.5. The van der Waals surface area contributed by atoms with Crippen LogP contribution in [0.25, 0.3) is 0 Å². The van der Waals surface area contributed by atoms with Gasteiger partial charge in [-0.05, 0) is 37.8 Å². The van der Waals surface area contributed by atoms with E-state index in [4.69, 9.17) is 9.84 Å². The van der Waals surface area contributed by atoms with E-state index in [9.17, 15) is 9.59 Å². The highest BCUT2D eigenvalue weighted by Gasteiger charge is 2.31. The van der Waals surface area contributed by atoms with Gasteiger partial charge in [-0.1, -0.05) is 18.2 Å². The van der Waals surface area contributed by atoms with Crippen LogP contribution in [0.5, 0.6) is 5.75 Å². The van der Waals surface area contributed by atoms with Crippen molar-refractivity contribution >= 4 is 11.9 Å². The smallest absolute Gasteiger partial charge is 0.326 e. The summed E-state index contributed by atoms with van der Waals surface area (Å²) in [5, 5.41) is 9.15. The maximum atomic E-state index is 12.1. The zero-order valence-electron chi connectivity index (χ0n) is 11.5. The topological polar surface area (TPSA) is 66.8 Å². The molecule has 5 heteroatoms. The lowest BCUT2D eigenvalue weighted by atomic mass is 10.0. The molecule has 1 N–H and O–H groups in total. The van der Waals surface area contributed by atoms with Crippen LogP contribution in [-0.2, 0) is 9.59 Å². The summed E-state index contributed by atoms with van der Waals surface area (Å²) in [6.07, 6.45) is 2.21. The van der Waals surface area contributed by atoms with Crippen molar-refractivity contribution in [3.8, 4) is 5.75 Å². The SMILES string of the molecule is Cc1ccccc1OCC(=O)N1CCCC[C@H]1C(=O)O. The van der Waals surface area contributed by atoms with Crippen molar-refractivity contribution in [1.29, 1.82) is 0 Å². The molecule has 1 saturated heterocycles. The lowest BCUT2D eigenvalue weighted by Crippen LogP contribution is -2.49. The van der Waals surface area contributed by atoms with Gasteiger partial charge in [-0.3, -0.25) is 4.79 Å². The Kier molecular flexibility index (Phi) is 4.61. The molecule has 1 aliphatic heterocycles. The van der Waals surface area contributed by atoms with Crippen molar-refractivity contribution in [2.24, 2.45) is 0 Å². The molecule has 1 heterocycles. The summed E-state index contributed by atoms with van der Waals surface area (Å²) in [5.41, 5.74) is 0.953. The van der Waals surface area contributed by atoms with Gasteiger partial charge in [0.2, 0.25) is 0 Å². The third kappa shape index (κ3) is 3.29. The number of rotatable bonds is 4. The first-order valence-corrected chi connectivity index (χ1v) is 6.80. The number of hydrogen-bond donors (Lipinski definition) is 1. The molecule has 1 aliphatic rings. The van der Waals surface area contributed by atoms with Gasteiger partial charge in [-0.2, -0.15) is 0 Å². The van der Waals surface area contributed by atoms with Crippen LogP contribution < -0.4 is 4.74 Å². The third-order valence-electron chi connectivity index (χ3n) is 3.55. The van der Waals surface area contributed by atoms with Crippen molar-refractivity contribution in [1.82, 2.24) is 4.90 Å². The molecule has 5 nitrogen and oxygen atoms in total. The van der Waals surface area contributed by atoms with Gasteiger partial charge in [0.05, 0.1) is 0 Å². The molecule has 0 saturated carbocycles. The van der Waals surface area contributed by atoms with Crippen molar-refractivity contribution in [3.05, 3.63) is 29.8 Å². The van der Waals surface area contributed by atoms with Crippen LogP contribution in [0.15, 0.2) is 24.3 Å². The summed E-state index contributed by atoms with van der Waals surface area (Å²) in [7, 11) is 0. The van der Waals surface area contributed by atoms with E-state index in [-0.39, 0.29) is 12.5 Å². The number of carbonyl (C=O) groups is 2. The molecule has 0 radical (unpaired) electrons. The number of ether oxygens (including phenoxy) is 1. The van der Waals surface area contributed by atoms with Crippen LogP contribution in [0.1, 0.15) is 24.8 Å². The van der Waals surface area contributed by atoms with E-state index in [0.717, 1.165) is 18.4 Å². The van der Waals surface area contributed by atoms with Gasteiger partial charge in [0.1, 0.15) is 11.8 Å². The number of benzene rings is 1. The molecular weight excluding hydrogens is 258 g/mol. The predicted octanol–water partition coefficient (Wildman–Crippen LogP) is 1.84. The van der Waals surface area contributed by atoms with Crippen molar-refractivity contribution in [2.75, 3.05) is 13.2 Å². The molecular formula is C15H19NO4. The first-order chi connectivity index (χ1) is 9.59. The largest absolute Gasteiger partial charge is 0.484 e. The number of nitrogens with zero attached hydrogens (tertiary/aromatic N) is 1. The summed E-state index contributed by atoms with van der Waals surface area (Å²) >= 11 is 0. The average Bonchev–Trinajstić information content (AvgIpc) is 2.46. The molecule has 1 fully saturated rings. The van der Waals surface area contributed by atoms with Gasteiger partial charge in [0.25, 0.3) is 5.91 Å². The number of aliphatic carboxylic acids is 1. The fourth-order valence-corrected chi connectivity index (χ4v) is 2.43. The van der Waals surface area contributed by atoms with Crippen molar-refractivity contribution in [2.45, 2.75) is 32.2 Å². The Labute approximate surface area is 118 Å². The quantitative estimate of drug-likeness (QED) is 0.912. The molecule has 0 spiro atoms. The molecule has 1 aromatic carbocycles. The molecule has 0 aromatic heterocycles. The number of hydrogen-bond acceptors (Lipinski definition) is 3. The van der Waals surface area contributed by atoms with Crippen LogP contribution in [-0.4, -0.2) is 41.1 Å². The van der Waals surface area contributed by atoms with Crippen LogP contribution in [0.4, 0.5) is 0 Å². The molecule has 0 bridgehead atoms. The summed E-state index contributed by atoms with van der Waals surface area (Å²) in [6.45, 7) is 2.28. The highest BCUT2D eigenvalue weighted by Crippen LogP contribution is 2.19. The van der Waals surface area contributed by atoms with E-state index in [2.05, 4.69) is 0 Å². The van der Waals surface area contributed by atoms with Gasteiger partial charge in [-0.15, -0.1) is 0 Å². The number of carboxylic acid groups (broad SMARTS) is 1. The van der Waals surface area contributed by atoms with E-state index in [1.165, 1.54) is 4.90 Å². The Balaban J connectivity index is 1.97. The van der Waals surface area contributed by atoms with Crippen molar-refractivity contribution < 1.29 is 19.4 Å². The first kappa shape index (κ1) is 14.4. The number of carbonyl (C=O) groups excluding carboxylic acids is 1. The maximum Gasteiger partial charge on any atom is 0.326 e. The number of aryl methyl sites for hydroxylation is 1.